The second-order valence-electron chi connectivity index (χ2n) is 7.23. The van der Waals surface area contributed by atoms with Gasteiger partial charge in [0.1, 0.15) is 17.2 Å². The average molecular weight is 475 g/mol. The lowest BCUT2D eigenvalue weighted by molar-refractivity contribution is -0.148. The fraction of sp³-hybridized carbons (Fsp3) is 0.273. The van der Waals surface area contributed by atoms with Crippen LogP contribution in [0.3, 0.4) is 0 Å². The molecule has 0 spiro atoms. The Morgan fingerprint density at radius 2 is 1.70 bits per heavy atom. The molecular weight excluding hydrogens is 453 g/mol. The van der Waals surface area contributed by atoms with E-state index in [1.807, 2.05) is 0 Å². The monoisotopic (exact) mass is 475 g/mol. The summed E-state index contributed by atoms with van der Waals surface area (Å²) in [7, 11) is 0. The molecule has 1 aliphatic rings. The van der Waals surface area contributed by atoms with Crippen LogP contribution < -0.4 is 10.6 Å². The highest BCUT2D eigenvalue weighted by molar-refractivity contribution is 7.99. The number of carboxylic acid groups (broad SMARTS) is 2. The van der Waals surface area contributed by atoms with Crippen LogP contribution in [0.2, 0.25) is 0 Å². The number of nitrogens with zero attached hydrogens (tertiary/aromatic N) is 1. The van der Waals surface area contributed by atoms with E-state index < -0.39 is 53.6 Å². The van der Waals surface area contributed by atoms with E-state index in [-0.39, 0.29) is 17.9 Å². The summed E-state index contributed by atoms with van der Waals surface area (Å²) in [6.45, 7) is -0.751. The Labute approximate surface area is 193 Å². The molecule has 1 aliphatic heterocycles. The molecule has 174 valence electrons. The number of thioether (sulfide) groups is 1. The number of nitrogens with one attached hydrogen (secondary N) is 2. The number of rotatable bonds is 8. The van der Waals surface area contributed by atoms with Crippen LogP contribution in [0.15, 0.2) is 54.6 Å². The van der Waals surface area contributed by atoms with E-state index in [1.165, 1.54) is 18.2 Å². The normalized spacial score (nSPS) is 18.4. The van der Waals surface area contributed by atoms with Crippen LogP contribution in [-0.2, 0) is 14.4 Å². The highest BCUT2D eigenvalue weighted by atomic mass is 32.2. The molecule has 2 aromatic rings. The van der Waals surface area contributed by atoms with Crippen molar-refractivity contribution in [3.8, 4) is 0 Å². The van der Waals surface area contributed by atoms with Gasteiger partial charge in [-0.2, -0.15) is 0 Å². The second kappa shape index (κ2) is 10.8. The first-order chi connectivity index (χ1) is 15.8. The second-order valence-corrected chi connectivity index (χ2v) is 8.34. The van der Waals surface area contributed by atoms with Gasteiger partial charge in [0, 0.05) is 17.9 Å². The lowest BCUT2D eigenvalue weighted by Crippen LogP contribution is -2.49. The van der Waals surface area contributed by atoms with Gasteiger partial charge in [-0.05, 0) is 11.6 Å². The van der Waals surface area contributed by atoms with E-state index in [1.54, 1.807) is 36.4 Å². The van der Waals surface area contributed by atoms with E-state index in [2.05, 4.69) is 10.6 Å². The number of hydrogen-bond acceptors (Lipinski definition) is 5. The highest BCUT2D eigenvalue weighted by Gasteiger charge is 2.43. The number of benzene rings is 2. The molecule has 0 radical (unpaired) electrons. The zero-order chi connectivity index (χ0) is 24.0. The number of carboxylic acids is 2. The minimum absolute atomic E-state index is 0.0731. The largest absolute Gasteiger partial charge is 0.481 e. The van der Waals surface area contributed by atoms with Crippen molar-refractivity contribution in [2.75, 3.05) is 18.8 Å². The number of halogens is 1. The molecular formula is C22H22FN3O6S. The number of carbonyl (C=O) groups is 4. The molecule has 9 nitrogen and oxygen atoms in total. The van der Waals surface area contributed by atoms with Gasteiger partial charge in [0.25, 0.3) is 0 Å². The fourth-order valence-electron chi connectivity index (χ4n) is 3.45. The van der Waals surface area contributed by atoms with Gasteiger partial charge in [0.15, 0.2) is 0 Å². The Bertz CT molecular complexity index is 1040. The van der Waals surface area contributed by atoms with Crippen LogP contribution in [0.5, 0.6) is 0 Å². The summed E-state index contributed by atoms with van der Waals surface area (Å²) >= 11 is 1.12. The molecule has 3 amide bonds. The van der Waals surface area contributed by atoms with Crippen LogP contribution in [-0.4, -0.2) is 63.9 Å². The van der Waals surface area contributed by atoms with Crippen molar-refractivity contribution in [1.29, 1.82) is 0 Å². The van der Waals surface area contributed by atoms with Crippen molar-refractivity contribution < 1.29 is 33.8 Å². The standard InChI is InChI=1S/C22H22FN3O6S/c23-16-9-5-4-8-14(16)19-26(17(12-33-19)21(30)31)18(27)11-25-22(32)24-10-15(20(28)29)13-6-2-1-3-7-13/h1-9,15,17,19H,10-12H2,(H,28,29)(H,30,31)(H2,24,25,32)/t15-,17-,19+/m1/s1. The molecule has 1 saturated heterocycles. The molecule has 1 fully saturated rings. The van der Waals surface area contributed by atoms with Gasteiger partial charge in [-0.15, -0.1) is 11.8 Å². The molecule has 0 bridgehead atoms. The van der Waals surface area contributed by atoms with Crippen molar-refractivity contribution in [2.24, 2.45) is 0 Å². The molecule has 0 saturated carbocycles. The smallest absolute Gasteiger partial charge is 0.327 e. The van der Waals surface area contributed by atoms with Gasteiger partial charge in [0.05, 0.1) is 12.5 Å². The van der Waals surface area contributed by atoms with Gasteiger partial charge in [0.2, 0.25) is 5.91 Å². The minimum atomic E-state index is -1.23. The van der Waals surface area contributed by atoms with E-state index in [4.69, 9.17) is 0 Å². The van der Waals surface area contributed by atoms with Gasteiger partial charge in [-0.25, -0.2) is 14.0 Å². The Morgan fingerprint density at radius 3 is 2.33 bits per heavy atom. The fourth-order valence-corrected chi connectivity index (χ4v) is 4.92. The van der Waals surface area contributed by atoms with Crippen LogP contribution >= 0.6 is 11.8 Å². The third-order valence-corrected chi connectivity index (χ3v) is 6.42. The molecule has 3 atom stereocenters. The van der Waals surface area contributed by atoms with E-state index in [9.17, 15) is 33.8 Å². The quantitative estimate of drug-likeness (QED) is 0.459. The number of amides is 3. The Balaban J connectivity index is 1.62. The molecule has 0 aromatic heterocycles. The zero-order valence-corrected chi connectivity index (χ0v) is 18.1. The summed E-state index contributed by atoms with van der Waals surface area (Å²) in [4.78, 5) is 49.2. The first-order valence-electron chi connectivity index (χ1n) is 9.99. The maximum Gasteiger partial charge on any atom is 0.327 e. The number of urea groups is 1. The predicted octanol–water partition coefficient (Wildman–Crippen LogP) is 2.02. The van der Waals surface area contributed by atoms with Gasteiger partial charge >= 0.3 is 18.0 Å². The summed E-state index contributed by atoms with van der Waals surface area (Å²) in [6.07, 6.45) is 0. The molecule has 0 aliphatic carbocycles. The van der Waals surface area contributed by atoms with Crippen molar-refractivity contribution in [3.05, 3.63) is 71.5 Å². The van der Waals surface area contributed by atoms with E-state index >= 15 is 0 Å². The van der Waals surface area contributed by atoms with Gasteiger partial charge < -0.3 is 25.7 Å². The molecule has 2 aromatic carbocycles. The highest BCUT2D eigenvalue weighted by Crippen LogP contribution is 2.42. The Morgan fingerprint density at radius 1 is 1.03 bits per heavy atom. The lowest BCUT2D eigenvalue weighted by Gasteiger charge is -2.28. The molecule has 33 heavy (non-hydrogen) atoms. The molecule has 4 N–H and O–H groups in total. The average Bonchev–Trinajstić information content (AvgIpc) is 3.24. The van der Waals surface area contributed by atoms with Crippen LogP contribution in [0, 0.1) is 5.82 Å². The third kappa shape index (κ3) is 5.80. The van der Waals surface area contributed by atoms with Crippen molar-refractivity contribution in [1.82, 2.24) is 15.5 Å². The summed E-state index contributed by atoms with van der Waals surface area (Å²) in [5.74, 6) is -4.53. The first kappa shape index (κ1) is 24.1. The van der Waals surface area contributed by atoms with E-state index in [0.717, 1.165) is 16.7 Å². The van der Waals surface area contributed by atoms with Crippen LogP contribution in [0.4, 0.5) is 9.18 Å². The number of hydrogen-bond donors (Lipinski definition) is 4. The third-order valence-electron chi connectivity index (χ3n) is 5.11. The van der Waals surface area contributed by atoms with Gasteiger partial charge in [-0.3, -0.25) is 9.59 Å². The SMILES string of the molecule is O=C(NCC(=O)N1[C@@H](C(=O)O)CS[C@H]1c1ccccc1F)NC[C@@H](C(=O)O)c1ccccc1. The first-order valence-corrected chi connectivity index (χ1v) is 11.0. The van der Waals surface area contributed by atoms with Crippen LogP contribution in [0.1, 0.15) is 22.4 Å². The van der Waals surface area contributed by atoms with Crippen molar-refractivity contribution in [3.63, 3.8) is 0 Å². The summed E-state index contributed by atoms with van der Waals surface area (Å²) in [6, 6.07) is 12.2. The summed E-state index contributed by atoms with van der Waals surface area (Å²) < 4.78 is 14.3. The van der Waals surface area contributed by atoms with Crippen molar-refractivity contribution >= 4 is 35.6 Å². The maximum atomic E-state index is 14.3. The van der Waals surface area contributed by atoms with Crippen molar-refractivity contribution in [2.45, 2.75) is 17.3 Å². The van der Waals surface area contributed by atoms with Gasteiger partial charge in [-0.1, -0.05) is 48.5 Å². The zero-order valence-electron chi connectivity index (χ0n) is 17.3. The molecule has 11 heteroatoms. The molecule has 3 rings (SSSR count). The topological polar surface area (TPSA) is 136 Å². The molecule has 0 unspecified atom stereocenters. The minimum Gasteiger partial charge on any atom is -0.481 e. The maximum absolute atomic E-state index is 14.3. The Hall–Kier alpha value is -3.60. The predicted molar refractivity (Wildman–Crippen MR) is 118 cm³/mol. The summed E-state index contributed by atoms with van der Waals surface area (Å²) in [5.41, 5.74) is 0.684. The van der Waals surface area contributed by atoms with Crippen LogP contribution in [0.25, 0.3) is 0 Å². The number of carbonyl (C=O) groups excluding carboxylic acids is 2. The van der Waals surface area contributed by atoms with E-state index in [0.29, 0.717) is 5.56 Å². The summed E-state index contributed by atoms with van der Waals surface area (Å²) in [5, 5.41) is 22.8. The lowest BCUT2D eigenvalue weighted by atomic mass is 9.99. The molecule has 1 heterocycles. The number of aliphatic carboxylic acids is 2. The Kier molecular flexibility index (Phi) is 7.88.